The summed E-state index contributed by atoms with van der Waals surface area (Å²) in [6.45, 7) is 0.817. The lowest BCUT2D eigenvalue weighted by molar-refractivity contribution is -0.144. The number of hydrogen-bond acceptors (Lipinski definition) is 3. The van der Waals surface area contributed by atoms with Crippen molar-refractivity contribution in [3.05, 3.63) is 22.4 Å². The SMILES string of the molecule is Cl.O=C(O)[C@]1(Cc2cccs2)CCCN1. The van der Waals surface area contributed by atoms with Crippen LogP contribution in [0.3, 0.4) is 0 Å². The molecule has 2 heterocycles. The van der Waals surface area contributed by atoms with Crippen molar-refractivity contribution in [2.75, 3.05) is 6.54 Å². The predicted octanol–water partition coefficient (Wildman–Crippen LogP) is 1.92. The van der Waals surface area contributed by atoms with Gasteiger partial charge in [-0.25, -0.2) is 0 Å². The summed E-state index contributed by atoms with van der Waals surface area (Å²) in [5, 5.41) is 14.3. The summed E-state index contributed by atoms with van der Waals surface area (Å²) in [7, 11) is 0. The normalized spacial score (nSPS) is 24.8. The molecule has 1 fully saturated rings. The Kier molecular flexibility index (Phi) is 4.13. The molecule has 1 aromatic heterocycles. The summed E-state index contributed by atoms with van der Waals surface area (Å²) >= 11 is 1.62. The molecule has 2 rings (SSSR count). The molecule has 0 aromatic carbocycles. The molecule has 1 aliphatic rings. The molecule has 1 aromatic rings. The van der Waals surface area contributed by atoms with Gasteiger partial charge in [-0.3, -0.25) is 4.79 Å². The van der Waals surface area contributed by atoms with Gasteiger partial charge < -0.3 is 10.4 Å². The maximum atomic E-state index is 11.2. The van der Waals surface area contributed by atoms with Crippen LogP contribution in [0.15, 0.2) is 17.5 Å². The first-order valence-corrected chi connectivity index (χ1v) is 5.62. The van der Waals surface area contributed by atoms with E-state index in [1.165, 1.54) is 0 Å². The Balaban J connectivity index is 0.00000112. The molecule has 0 saturated carbocycles. The van der Waals surface area contributed by atoms with Crippen LogP contribution in [-0.4, -0.2) is 23.2 Å². The fourth-order valence-corrected chi connectivity index (χ4v) is 2.74. The third-order valence-electron chi connectivity index (χ3n) is 2.71. The van der Waals surface area contributed by atoms with E-state index in [2.05, 4.69) is 5.32 Å². The van der Waals surface area contributed by atoms with Gasteiger partial charge in [-0.2, -0.15) is 0 Å². The van der Waals surface area contributed by atoms with Crippen LogP contribution in [0.4, 0.5) is 0 Å². The van der Waals surface area contributed by atoms with Gasteiger partial charge in [0.1, 0.15) is 5.54 Å². The number of carboxylic acids is 1. The molecule has 0 aliphatic carbocycles. The standard InChI is InChI=1S/C10H13NO2S.ClH/c12-9(13)10(4-2-5-11-10)7-8-3-1-6-14-8;/h1,3,6,11H,2,4-5,7H2,(H,12,13);1H/t10-;/m1./s1. The van der Waals surface area contributed by atoms with E-state index in [0.29, 0.717) is 6.42 Å². The van der Waals surface area contributed by atoms with E-state index in [0.717, 1.165) is 24.3 Å². The lowest BCUT2D eigenvalue weighted by Gasteiger charge is -2.23. The van der Waals surface area contributed by atoms with Gasteiger partial charge in [-0.15, -0.1) is 23.7 Å². The highest BCUT2D eigenvalue weighted by molar-refractivity contribution is 7.09. The van der Waals surface area contributed by atoms with Crippen LogP contribution >= 0.6 is 23.7 Å². The molecule has 2 N–H and O–H groups in total. The minimum Gasteiger partial charge on any atom is -0.480 e. The van der Waals surface area contributed by atoms with Crippen LogP contribution in [0, 0.1) is 0 Å². The lowest BCUT2D eigenvalue weighted by atomic mass is 9.93. The van der Waals surface area contributed by atoms with Crippen LogP contribution in [0.25, 0.3) is 0 Å². The van der Waals surface area contributed by atoms with E-state index < -0.39 is 11.5 Å². The van der Waals surface area contributed by atoms with E-state index in [1.807, 2.05) is 17.5 Å². The molecule has 1 atom stereocenters. The van der Waals surface area contributed by atoms with E-state index in [4.69, 9.17) is 0 Å². The first-order valence-electron chi connectivity index (χ1n) is 4.74. The largest absolute Gasteiger partial charge is 0.480 e. The Hall–Kier alpha value is -0.580. The molecule has 0 spiro atoms. The second-order valence-electron chi connectivity index (χ2n) is 3.67. The Morgan fingerprint density at radius 2 is 2.47 bits per heavy atom. The van der Waals surface area contributed by atoms with Crippen LogP contribution in [-0.2, 0) is 11.2 Å². The molecule has 3 nitrogen and oxygen atoms in total. The van der Waals surface area contributed by atoms with Crippen LogP contribution in [0.5, 0.6) is 0 Å². The van der Waals surface area contributed by atoms with Gasteiger partial charge in [-0.05, 0) is 30.8 Å². The molecule has 0 radical (unpaired) electrons. The van der Waals surface area contributed by atoms with Crippen molar-refractivity contribution in [2.45, 2.75) is 24.8 Å². The molecular weight excluding hydrogens is 234 g/mol. The summed E-state index contributed by atoms with van der Waals surface area (Å²) in [6, 6.07) is 3.96. The third kappa shape index (κ3) is 2.51. The number of carbonyl (C=O) groups is 1. The Morgan fingerprint density at radius 3 is 2.93 bits per heavy atom. The van der Waals surface area contributed by atoms with E-state index in [-0.39, 0.29) is 12.4 Å². The van der Waals surface area contributed by atoms with Crippen LogP contribution in [0.2, 0.25) is 0 Å². The molecule has 1 saturated heterocycles. The van der Waals surface area contributed by atoms with Crippen molar-refractivity contribution in [3.8, 4) is 0 Å². The summed E-state index contributed by atoms with van der Waals surface area (Å²) in [4.78, 5) is 12.3. The Labute approximate surface area is 98.9 Å². The zero-order chi connectivity index (χ0) is 10.0. The van der Waals surface area contributed by atoms with Gasteiger partial charge in [0, 0.05) is 11.3 Å². The smallest absolute Gasteiger partial charge is 0.324 e. The highest BCUT2D eigenvalue weighted by atomic mass is 35.5. The van der Waals surface area contributed by atoms with Crippen LogP contribution < -0.4 is 5.32 Å². The first-order chi connectivity index (χ1) is 6.73. The zero-order valence-electron chi connectivity index (χ0n) is 8.23. The van der Waals surface area contributed by atoms with E-state index in [1.54, 1.807) is 11.3 Å². The molecule has 5 heteroatoms. The number of nitrogens with one attached hydrogen (secondary N) is 1. The van der Waals surface area contributed by atoms with Gasteiger partial charge in [-0.1, -0.05) is 6.07 Å². The van der Waals surface area contributed by atoms with Crippen molar-refractivity contribution in [1.82, 2.24) is 5.32 Å². The van der Waals surface area contributed by atoms with Gasteiger partial charge in [0.25, 0.3) is 0 Å². The van der Waals surface area contributed by atoms with Crippen molar-refractivity contribution < 1.29 is 9.90 Å². The minimum absolute atomic E-state index is 0. The maximum Gasteiger partial charge on any atom is 0.324 e. The Bertz CT molecular complexity index is 320. The number of hydrogen-bond donors (Lipinski definition) is 2. The summed E-state index contributed by atoms with van der Waals surface area (Å²) in [5.74, 6) is -0.719. The summed E-state index contributed by atoms with van der Waals surface area (Å²) in [5.41, 5.74) is -0.704. The van der Waals surface area contributed by atoms with Crippen molar-refractivity contribution >= 4 is 29.7 Å². The zero-order valence-corrected chi connectivity index (χ0v) is 9.87. The van der Waals surface area contributed by atoms with Crippen LogP contribution in [0.1, 0.15) is 17.7 Å². The summed E-state index contributed by atoms with van der Waals surface area (Å²) in [6.07, 6.45) is 2.30. The van der Waals surface area contributed by atoms with Gasteiger partial charge >= 0.3 is 5.97 Å². The fourth-order valence-electron chi connectivity index (χ4n) is 1.93. The first kappa shape index (κ1) is 12.5. The minimum atomic E-state index is -0.719. The fraction of sp³-hybridized carbons (Fsp3) is 0.500. The molecule has 0 unspecified atom stereocenters. The lowest BCUT2D eigenvalue weighted by Crippen LogP contribution is -2.49. The maximum absolute atomic E-state index is 11.2. The molecule has 1 aliphatic heterocycles. The van der Waals surface area contributed by atoms with Crippen molar-refractivity contribution in [3.63, 3.8) is 0 Å². The molecule has 0 amide bonds. The molecule has 0 bridgehead atoms. The second kappa shape index (κ2) is 4.96. The number of thiophene rings is 1. The highest BCUT2D eigenvalue weighted by Gasteiger charge is 2.41. The average Bonchev–Trinajstić information content (AvgIpc) is 2.76. The number of carboxylic acid groups (broad SMARTS) is 1. The van der Waals surface area contributed by atoms with E-state index in [9.17, 15) is 9.90 Å². The number of aliphatic carboxylic acids is 1. The van der Waals surface area contributed by atoms with Gasteiger partial charge in [0.05, 0.1) is 0 Å². The number of halogens is 1. The Morgan fingerprint density at radius 1 is 1.67 bits per heavy atom. The van der Waals surface area contributed by atoms with Crippen molar-refractivity contribution in [2.24, 2.45) is 0 Å². The highest BCUT2D eigenvalue weighted by Crippen LogP contribution is 2.26. The van der Waals surface area contributed by atoms with Crippen molar-refractivity contribution in [1.29, 1.82) is 0 Å². The monoisotopic (exact) mass is 247 g/mol. The summed E-state index contributed by atoms with van der Waals surface area (Å²) < 4.78 is 0. The van der Waals surface area contributed by atoms with Gasteiger partial charge in [0.15, 0.2) is 0 Å². The predicted molar refractivity (Wildman–Crippen MR) is 62.9 cm³/mol. The quantitative estimate of drug-likeness (QED) is 0.858. The molecule has 15 heavy (non-hydrogen) atoms. The number of rotatable bonds is 3. The average molecular weight is 248 g/mol. The molecule has 84 valence electrons. The molecular formula is C10H14ClNO2S. The van der Waals surface area contributed by atoms with Gasteiger partial charge in [0.2, 0.25) is 0 Å². The second-order valence-corrected chi connectivity index (χ2v) is 4.71. The van der Waals surface area contributed by atoms with E-state index >= 15 is 0 Å². The topological polar surface area (TPSA) is 49.3 Å². The third-order valence-corrected chi connectivity index (χ3v) is 3.59.